The molecule has 1 N–H and O–H groups in total. The average molecular weight is 139 g/mol. The fraction of sp³-hybridized carbons (Fsp3) is 1.00. The zero-order valence-corrected chi connectivity index (χ0v) is 7.15. The largest absolute Gasteiger partial charge is 0.313 e. The lowest BCUT2D eigenvalue weighted by Crippen LogP contribution is -2.31. The summed E-state index contributed by atoms with van der Waals surface area (Å²) in [5, 5.41) is 3.54. The zero-order chi connectivity index (χ0) is 7.35. The van der Waals surface area contributed by atoms with Gasteiger partial charge in [-0.3, -0.25) is 0 Å². The van der Waals surface area contributed by atoms with E-state index in [4.69, 9.17) is 0 Å². The number of nitrogens with one attached hydrogen (secondary N) is 1. The van der Waals surface area contributed by atoms with Gasteiger partial charge in [0.1, 0.15) is 0 Å². The van der Waals surface area contributed by atoms with Crippen molar-refractivity contribution in [3.63, 3.8) is 0 Å². The van der Waals surface area contributed by atoms with Gasteiger partial charge in [-0.25, -0.2) is 0 Å². The first-order chi connectivity index (χ1) is 4.68. The number of rotatable bonds is 1. The van der Waals surface area contributed by atoms with Crippen LogP contribution in [0.5, 0.6) is 0 Å². The highest BCUT2D eigenvalue weighted by atomic mass is 15.0. The molecule has 1 aliphatic heterocycles. The second-order valence-electron chi connectivity index (χ2n) is 4.30. The Morgan fingerprint density at radius 2 is 2.20 bits per heavy atom. The minimum absolute atomic E-state index is 0.708. The van der Waals surface area contributed by atoms with E-state index in [0.717, 1.165) is 17.9 Å². The van der Waals surface area contributed by atoms with E-state index in [-0.39, 0.29) is 0 Å². The first-order valence-corrected chi connectivity index (χ1v) is 4.41. The number of fused-ring (bicyclic) bond motifs is 1. The maximum atomic E-state index is 3.54. The molecule has 3 unspecified atom stereocenters. The first-order valence-electron chi connectivity index (χ1n) is 4.41. The standard InChI is InChI=1S/C9H17N/c1-6(2)9-4-8(9)5-10-7(9)3/h6-8,10H,4-5H2,1-3H3. The molecule has 1 heteroatoms. The van der Waals surface area contributed by atoms with E-state index in [1.807, 2.05) is 0 Å². The van der Waals surface area contributed by atoms with E-state index in [1.165, 1.54) is 13.0 Å². The van der Waals surface area contributed by atoms with Gasteiger partial charge in [-0.1, -0.05) is 13.8 Å². The van der Waals surface area contributed by atoms with E-state index in [9.17, 15) is 0 Å². The van der Waals surface area contributed by atoms with Crippen LogP contribution in [0.25, 0.3) is 0 Å². The molecule has 0 radical (unpaired) electrons. The molecule has 58 valence electrons. The quantitative estimate of drug-likeness (QED) is 0.582. The van der Waals surface area contributed by atoms with Gasteiger partial charge < -0.3 is 5.32 Å². The molecular weight excluding hydrogens is 122 g/mol. The highest BCUT2D eigenvalue weighted by molar-refractivity contribution is 5.14. The highest BCUT2D eigenvalue weighted by Crippen LogP contribution is 2.62. The van der Waals surface area contributed by atoms with E-state index < -0.39 is 0 Å². The predicted molar refractivity (Wildman–Crippen MR) is 42.8 cm³/mol. The summed E-state index contributed by atoms with van der Waals surface area (Å²) in [5.41, 5.74) is 0.708. The van der Waals surface area contributed by atoms with Gasteiger partial charge in [0, 0.05) is 6.04 Å². The lowest BCUT2D eigenvalue weighted by molar-refractivity contribution is 0.298. The van der Waals surface area contributed by atoms with Crippen molar-refractivity contribution in [2.75, 3.05) is 6.54 Å². The molecule has 0 bridgehead atoms. The van der Waals surface area contributed by atoms with E-state index in [2.05, 4.69) is 26.1 Å². The Kier molecular flexibility index (Phi) is 1.17. The topological polar surface area (TPSA) is 12.0 Å². The molecule has 1 heterocycles. The van der Waals surface area contributed by atoms with Crippen LogP contribution in [0.3, 0.4) is 0 Å². The van der Waals surface area contributed by atoms with Crippen molar-refractivity contribution < 1.29 is 0 Å². The number of hydrogen-bond donors (Lipinski definition) is 1. The Labute approximate surface area is 63.2 Å². The summed E-state index contributed by atoms with van der Waals surface area (Å²) in [6, 6.07) is 0.775. The monoisotopic (exact) mass is 139 g/mol. The molecule has 0 amide bonds. The lowest BCUT2D eigenvalue weighted by Gasteiger charge is -2.23. The SMILES string of the molecule is CC(C)C12CC1CNC2C. The third-order valence-corrected chi connectivity index (χ3v) is 3.75. The molecule has 1 saturated heterocycles. The van der Waals surface area contributed by atoms with E-state index in [1.54, 1.807) is 0 Å². The summed E-state index contributed by atoms with van der Waals surface area (Å²) in [4.78, 5) is 0. The van der Waals surface area contributed by atoms with Gasteiger partial charge in [0.05, 0.1) is 0 Å². The fourth-order valence-corrected chi connectivity index (χ4v) is 2.88. The van der Waals surface area contributed by atoms with Crippen LogP contribution in [0, 0.1) is 17.3 Å². The van der Waals surface area contributed by atoms with Crippen LogP contribution in [0.15, 0.2) is 0 Å². The van der Waals surface area contributed by atoms with Crippen molar-refractivity contribution in [2.45, 2.75) is 33.2 Å². The minimum atomic E-state index is 0.708. The van der Waals surface area contributed by atoms with Crippen molar-refractivity contribution >= 4 is 0 Å². The van der Waals surface area contributed by atoms with Crippen molar-refractivity contribution in [1.82, 2.24) is 5.32 Å². The summed E-state index contributed by atoms with van der Waals surface area (Å²) in [6.07, 6.45) is 1.48. The molecule has 3 atom stereocenters. The molecule has 10 heavy (non-hydrogen) atoms. The van der Waals surface area contributed by atoms with Crippen molar-refractivity contribution in [1.29, 1.82) is 0 Å². The van der Waals surface area contributed by atoms with Crippen LogP contribution in [0.1, 0.15) is 27.2 Å². The molecule has 2 fully saturated rings. The molecule has 2 rings (SSSR count). The van der Waals surface area contributed by atoms with Crippen LogP contribution in [-0.4, -0.2) is 12.6 Å². The smallest absolute Gasteiger partial charge is 0.0101 e. The Morgan fingerprint density at radius 3 is 2.40 bits per heavy atom. The molecule has 1 nitrogen and oxygen atoms in total. The fourth-order valence-electron chi connectivity index (χ4n) is 2.88. The summed E-state index contributed by atoms with van der Waals surface area (Å²) in [7, 11) is 0. The van der Waals surface area contributed by atoms with Crippen molar-refractivity contribution in [3.05, 3.63) is 0 Å². The third-order valence-electron chi connectivity index (χ3n) is 3.75. The van der Waals surface area contributed by atoms with Gasteiger partial charge in [0.2, 0.25) is 0 Å². The summed E-state index contributed by atoms with van der Waals surface area (Å²) in [5.74, 6) is 1.89. The average Bonchev–Trinajstić information content (AvgIpc) is 2.52. The van der Waals surface area contributed by atoms with Crippen LogP contribution < -0.4 is 5.32 Å². The second-order valence-corrected chi connectivity index (χ2v) is 4.30. The van der Waals surface area contributed by atoms with E-state index in [0.29, 0.717) is 5.41 Å². The van der Waals surface area contributed by atoms with Gasteiger partial charge in [0.25, 0.3) is 0 Å². The first kappa shape index (κ1) is 6.66. The predicted octanol–water partition coefficient (Wildman–Crippen LogP) is 1.64. The molecular formula is C9H17N. The normalized spacial score (nSPS) is 51.6. The van der Waals surface area contributed by atoms with Gasteiger partial charge in [0.15, 0.2) is 0 Å². The van der Waals surface area contributed by atoms with Crippen LogP contribution in [-0.2, 0) is 0 Å². The Balaban J connectivity index is 2.17. The van der Waals surface area contributed by atoms with Gasteiger partial charge in [-0.05, 0) is 37.1 Å². The van der Waals surface area contributed by atoms with Gasteiger partial charge >= 0.3 is 0 Å². The molecule has 0 aromatic heterocycles. The van der Waals surface area contributed by atoms with Crippen LogP contribution in [0.2, 0.25) is 0 Å². The summed E-state index contributed by atoms with van der Waals surface area (Å²) < 4.78 is 0. The molecule has 2 aliphatic rings. The maximum absolute atomic E-state index is 3.54. The van der Waals surface area contributed by atoms with Gasteiger partial charge in [-0.2, -0.15) is 0 Å². The van der Waals surface area contributed by atoms with Gasteiger partial charge in [-0.15, -0.1) is 0 Å². The van der Waals surface area contributed by atoms with E-state index >= 15 is 0 Å². The minimum Gasteiger partial charge on any atom is -0.313 e. The van der Waals surface area contributed by atoms with Crippen LogP contribution in [0.4, 0.5) is 0 Å². The summed E-state index contributed by atoms with van der Waals surface area (Å²) >= 11 is 0. The third kappa shape index (κ3) is 0.572. The Bertz CT molecular complexity index is 149. The molecule has 0 aromatic rings. The highest BCUT2D eigenvalue weighted by Gasteiger charge is 2.62. The molecule has 0 spiro atoms. The molecule has 1 saturated carbocycles. The second kappa shape index (κ2) is 1.76. The number of piperidine rings is 1. The van der Waals surface area contributed by atoms with Crippen molar-refractivity contribution in [3.8, 4) is 0 Å². The molecule has 1 aliphatic carbocycles. The maximum Gasteiger partial charge on any atom is 0.0101 e. The van der Waals surface area contributed by atoms with Crippen molar-refractivity contribution in [2.24, 2.45) is 17.3 Å². The molecule has 0 aromatic carbocycles. The Hall–Kier alpha value is -0.0400. The lowest BCUT2D eigenvalue weighted by atomic mass is 9.86. The summed E-state index contributed by atoms with van der Waals surface area (Å²) in [6.45, 7) is 8.35. The Morgan fingerprint density at radius 1 is 1.50 bits per heavy atom. The zero-order valence-electron chi connectivity index (χ0n) is 7.15. The number of hydrogen-bond acceptors (Lipinski definition) is 1. The van der Waals surface area contributed by atoms with Crippen LogP contribution >= 0.6 is 0 Å².